The second kappa shape index (κ2) is 6.95. The fraction of sp³-hybridized carbons (Fsp3) is 0.304. The fourth-order valence-corrected chi connectivity index (χ4v) is 4.15. The Kier molecular flexibility index (Phi) is 4.27. The minimum Gasteiger partial charge on any atom is -0.313 e. The molecule has 3 heterocycles. The van der Waals surface area contributed by atoms with Crippen LogP contribution in [0.5, 0.6) is 0 Å². The van der Waals surface area contributed by atoms with Crippen LogP contribution in [0, 0.1) is 13.8 Å². The zero-order chi connectivity index (χ0) is 20.0. The predicted octanol–water partition coefficient (Wildman–Crippen LogP) is 3.66. The second-order valence-electron chi connectivity index (χ2n) is 7.82. The van der Waals surface area contributed by atoms with Crippen molar-refractivity contribution in [2.24, 2.45) is 0 Å². The Morgan fingerprint density at radius 1 is 1.00 bits per heavy atom. The van der Waals surface area contributed by atoms with E-state index in [4.69, 9.17) is 5.10 Å². The SMILES string of the molecule is Cc1ccc(C)c(-c2nn(Cc3nnc4n3CCCC4)c(=O)c3ccccc23)c1. The van der Waals surface area contributed by atoms with Gasteiger partial charge < -0.3 is 4.57 Å². The molecular formula is C23H23N5O. The average Bonchev–Trinajstić information content (AvgIpc) is 3.15. The van der Waals surface area contributed by atoms with Gasteiger partial charge in [0.2, 0.25) is 0 Å². The first-order chi connectivity index (χ1) is 14.1. The van der Waals surface area contributed by atoms with E-state index in [0.29, 0.717) is 11.9 Å². The van der Waals surface area contributed by atoms with Crippen molar-refractivity contribution in [2.75, 3.05) is 0 Å². The van der Waals surface area contributed by atoms with Crippen LogP contribution in [0.3, 0.4) is 0 Å². The van der Waals surface area contributed by atoms with Crippen molar-refractivity contribution in [3.63, 3.8) is 0 Å². The lowest BCUT2D eigenvalue weighted by Crippen LogP contribution is -2.26. The quantitative estimate of drug-likeness (QED) is 0.540. The summed E-state index contributed by atoms with van der Waals surface area (Å²) in [4.78, 5) is 13.2. The van der Waals surface area contributed by atoms with Gasteiger partial charge in [-0.05, 0) is 44.4 Å². The third-order valence-corrected chi connectivity index (χ3v) is 5.74. The first-order valence-electron chi connectivity index (χ1n) is 10.1. The van der Waals surface area contributed by atoms with Gasteiger partial charge in [0.1, 0.15) is 12.4 Å². The Morgan fingerprint density at radius 3 is 2.69 bits per heavy atom. The van der Waals surface area contributed by atoms with E-state index in [0.717, 1.165) is 59.7 Å². The van der Waals surface area contributed by atoms with Crippen LogP contribution >= 0.6 is 0 Å². The number of aromatic nitrogens is 5. The molecule has 5 rings (SSSR count). The molecule has 0 aliphatic carbocycles. The van der Waals surface area contributed by atoms with Gasteiger partial charge in [0.15, 0.2) is 5.82 Å². The molecule has 1 aliphatic heterocycles. The zero-order valence-electron chi connectivity index (χ0n) is 16.7. The molecule has 4 aromatic rings. The van der Waals surface area contributed by atoms with Gasteiger partial charge in [-0.15, -0.1) is 10.2 Å². The van der Waals surface area contributed by atoms with Gasteiger partial charge in [-0.3, -0.25) is 4.79 Å². The van der Waals surface area contributed by atoms with Gasteiger partial charge in [-0.1, -0.05) is 35.9 Å². The van der Waals surface area contributed by atoms with Crippen molar-refractivity contribution in [1.82, 2.24) is 24.5 Å². The Morgan fingerprint density at radius 2 is 1.83 bits per heavy atom. The number of rotatable bonds is 3. The topological polar surface area (TPSA) is 65.6 Å². The molecule has 2 aromatic carbocycles. The first kappa shape index (κ1) is 17.8. The monoisotopic (exact) mass is 385 g/mol. The van der Waals surface area contributed by atoms with Crippen molar-refractivity contribution >= 4 is 10.8 Å². The Balaban J connectivity index is 1.71. The van der Waals surface area contributed by atoms with Crippen LogP contribution in [0.2, 0.25) is 0 Å². The van der Waals surface area contributed by atoms with Gasteiger partial charge in [-0.25, -0.2) is 4.68 Å². The highest BCUT2D eigenvalue weighted by Gasteiger charge is 2.19. The van der Waals surface area contributed by atoms with E-state index in [1.54, 1.807) is 4.68 Å². The van der Waals surface area contributed by atoms with E-state index < -0.39 is 0 Å². The second-order valence-corrected chi connectivity index (χ2v) is 7.82. The molecule has 0 unspecified atom stereocenters. The minimum absolute atomic E-state index is 0.0946. The smallest absolute Gasteiger partial charge is 0.275 e. The molecule has 0 saturated carbocycles. The molecule has 0 bridgehead atoms. The molecule has 2 aromatic heterocycles. The molecule has 6 nitrogen and oxygen atoms in total. The molecule has 0 fully saturated rings. The zero-order valence-corrected chi connectivity index (χ0v) is 16.7. The van der Waals surface area contributed by atoms with Crippen LogP contribution in [0.25, 0.3) is 22.0 Å². The molecule has 1 aliphatic rings. The molecule has 0 radical (unpaired) electrons. The standard InChI is InChI=1S/C23H23N5O/c1-15-10-11-16(2)19(13-15)22-17-7-3-4-8-18(17)23(29)28(26-22)14-21-25-24-20-9-5-6-12-27(20)21/h3-4,7-8,10-11,13H,5-6,9,12,14H2,1-2H3. The average molecular weight is 385 g/mol. The summed E-state index contributed by atoms with van der Waals surface area (Å²) in [7, 11) is 0. The van der Waals surface area contributed by atoms with E-state index in [1.165, 1.54) is 5.56 Å². The Bertz CT molecular complexity index is 1280. The summed E-state index contributed by atoms with van der Waals surface area (Å²) in [6.45, 7) is 5.39. The van der Waals surface area contributed by atoms with Gasteiger partial charge >= 0.3 is 0 Å². The van der Waals surface area contributed by atoms with Gasteiger partial charge in [0.25, 0.3) is 5.56 Å². The number of hydrogen-bond donors (Lipinski definition) is 0. The minimum atomic E-state index is -0.0946. The fourth-order valence-electron chi connectivity index (χ4n) is 4.15. The number of aryl methyl sites for hydroxylation is 3. The van der Waals surface area contributed by atoms with E-state index in [9.17, 15) is 4.79 Å². The van der Waals surface area contributed by atoms with Crippen LogP contribution in [-0.4, -0.2) is 24.5 Å². The summed E-state index contributed by atoms with van der Waals surface area (Å²) < 4.78 is 3.69. The largest absolute Gasteiger partial charge is 0.313 e. The third kappa shape index (κ3) is 3.05. The van der Waals surface area contributed by atoms with Crippen LogP contribution in [-0.2, 0) is 19.5 Å². The van der Waals surface area contributed by atoms with Crippen molar-refractivity contribution in [1.29, 1.82) is 0 Å². The molecule has 6 heteroatoms. The maximum absolute atomic E-state index is 13.2. The Hall–Kier alpha value is -3.28. The maximum Gasteiger partial charge on any atom is 0.275 e. The molecule has 29 heavy (non-hydrogen) atoms. The summed E-state index contributed by atoms with van der Waals surface area (Å²) in [5.41, 5.74) is 4.10. The molecular weight excluding hydrogens is 362 g/mol. The predicted molar refractivity (Wildman–Crippen MR) is 113 cm³/mol. The van der Waals surface area contributed by atoms with Crippen molar-refractivity contribution in [3.05, 3.63) is 75.6 Å². The molecule has 0 spiro atoms. The van der Waals surface area contributed by atoms with Crippen LogP contribution in [0.1, 0.15) is 35.6 Å². The number of benzene rings is 2. The molecule has 0 N–H and O–H groups in total. The van der Waals surface area contributed by atoms with Crippen LogP contribution in [0.15, 0.2) is 47.3 Å². The molecule has 0 saturated heterocycles. The van der Waals surface area contributed by atoms with Crippen molar-refractivity contribution in [3.8, 4) is 11.3 Å². The summed E-state index contributed by atoms with van der Waals surface area (Å²) in [6.07, 6.45) is 3.20. The lowest BCUT2D eigenvalue weighted by molar-refractivity contribution is 0.492. The number of hydrogen-bond acceptors (Lipinski definition) is 4. The lowest BCUT2D eigenvalue weighted by atomic mass is 9.99. The highest BCUT2D eigenvalue weighted by Crippen LogP contribution is 2.28. The van der Waals surface area contributed by atoms with Gasteiger partial charge in [0, 0.05) is 23.9 Å². The Labute approximate surface area is 168 Å². The van der Waals surface area contributed by atoms with Crippen LogP contribution in [0.4, 0.5) is 0 Å². The highest BCUT2D eigenvalue weighted by atomic mass is 16.1. The summed E-state index contributed by atoms with van der Waals surface area (Å²) in [5, 5.41) is 15.1. The van der Waals surface area contributed by atoms with E-state index in [2.05, 4.69) is 46.8 Å². The summed E-state index contributed by atoms with van der Waals surface area (Å²) in [6, 6.07) is 14.0. The summed E-state index contributed by atoms with van der Waals surface area (Å²) in [5.74, 6) is 1.81. The maximum atomic E-state index is 13.2. The molecule has 146 valence electrons. The first-order valence-corrected chi connectivity index (χ1v) is 10.1. The van der Waals surface area contributed by atoms with Gasteiger partial charge in [0.05, 0.1) is 11.1 Å². The molecule has 0 amide bonds. The number of nitrogens with zero attached hydrogens (tertiary/aromatic N) is 5. The normalized spacial score (nSPS) is 13.6. The van der Waals surface area contributed by atoms with E-state index >= 15 is 0 Å². The van der Waals surface area contributed by atoms with Gasteiger partial charge in [-0.2, -0.15) is 5.10 Å². The number of fused-ring (bicyclic) bond motifs is 2. The summed E-state index contributed by atoms with van der Waals surface area (Å²) >= 11 is 0. The lowest BCUT2D eigenvalue weighted by Gasteiger charge is -2.16. The highest BCUT2D eigenvalue weighted by molar-refractivity contribution is 5.94. The van der Waals surface area contributed by atoms with Crippen molar-refractivity contribution < 1.29 is 0 Å². The van der Waals surface area contributed by atoms with Crippen LogP contribution < -0.4 is 5.56 Å². The molecule has 0 atom stereocenters. The van der Waals surface area contributed by atoms with E-state index in [1.807, 2.05) is 24.3 Å². The van der Waals surface area contributed by atoms with Crippen molar-refractivity contribution in [2.45, 2.75) is 46.2 Å². The third-order valence-electron chi connectivity index (χ3n) is 5.74. The van der Waals surface area contributed by atoms with E-state index in [-0.39, 0.29) is 5.56 Å².